The van der Waals surface area contributed by atoms with Gasteiger partial charge in [0.25, 0.3) is 0 Å². The summed E-state index contributed by atoms with van der Waals surface area (Å²) in [5, 5.41) is 15.4. The Balaban J connectivity index is 2.47. The van der Waals surface area contributed by atoms with Gasteiger partial charge in [-0.2, -0.15) is 0 Å². The lowest BCUT2D eigenvalue weighted by Gasteiger charge is -2.00. The summed E-state index contributed by atoms with van der Waals surface area (Å²) >= 11 is 1.34. The lowest BCUT2D eigenvalue weighted by molar-refractivity contribution is 0.0695. The first-order valence-corrected chi connectivity index (χ1v) is 6.09. The van der Waals surface area contributed by atoms with E-state index in [1.807, 2.05) is 13.8 Å². The molecule has 0 bridgehead atoms. The van der Waals surface area contributed by atoms with Gasteiger partial charge in [0.05, 0.1) is 0 Å². The third kappa shape index (κ3) is 2.36. The van der Waals surface area contributed by atoms with Crippen molar-refractivity contribution in [3.63, 3.8) is 0 Å². The Kier molecular flexibility index (Phi) is 3.23. The van der Waals surface area contributed by atoms with E-state index in [2.05, 4.69) is 10.1 Å². The van der Waals surface area contributed by atoms with Crippen molar-refractivity contribution >= 4 is 17.3 Å². The van der Waals surface area contributed by atoms with Crippen molar-refractivity contribution in [1.29, 1.82) is 0 Å². The van der Waals surface area contributed by atoms with Gasteiger partial charge in [-0.25, -0.2) is 9.78 Å². The molecule has 2 aromatic rings. The maximum Gasteiger partial charge on any atom is 0.341 e. The molecule has 17 heavy (non-hydrogen) atoms. The molecule has 0 amide bonds. The first-order chi connectivity index (χ1) is 8.09. The monoisotopic (exact) mass is 252 g/mol. The standard InChI is InChI=1S/C11H12N2O3S/c1-6(2)5-7-8(11(14)15)9(13-16-7)10-12-3-4-17-10/h3-4,6H,5H2,1-2H3,(H,14,15). The zero-order chi connectivity index (χ0) is 12.4. The molecule has 6 heteroatoms. The molecule has 1 N–H and O–H groups in total. The fourth-order valence-corrected chi connectivity index (χ4v) is 2.16. The normalized spacial score (nSPS) is 11.0. The number of carbonyl (C=O) groups is 1. The molecule has 2 rings (SSSR count). The minimum atomic E-state index is -1.02. The molecule has 0 aliphatic heterocycles. The van der Waals surface area contributed by atoms with E-state index in [9.17, 15) is 9.90 Å². The predicted molar refractivity (Wildman–Crippen MR) is 63.1 cm³/mol. The van der Waals surface area contributed by atoms with Gasteiger partial charge in [0, 0.05) is 18.0 Å². The van der Waals surface area contributed by atoms with E-state index in [4.69, 9.17) is 4.52 Å². The van der Waals surface area contributed by atoms with Crippen LogP contribution in [0.2, 0.25) is 0 Å². The topological polar surface area (TPSA) is 76.2 Å². The molecule has 2 aromatic heterocycles. The average Bonchev–Trinajstić information content (AvgIpc) is 2.82. The molecule has 0 fully saturated rings. The number of carboxylic acid groups (broad SMARTS) is 1. The van der Waals surface area contributed by atoms with Crippen molar-refractivity contribution in [1.82, 2.24) is 10.1 Å². The zero-order valence-corrected chi connectivity index (χ0v) is 10.3. The van der Waals surface area contributed by atoms with Crippen molar-refractivity contribution in [3.05, 3.63) is 22.9 Å². The molecule has 0 radical (unpaired) electrons. The first kappa shape index (κ1) is 11.8. The molecule has 0 atom stereocenters. The number of thiazole rings is 1. The lowest BCUT2D eigenvalue weighted by atomic mass is 10.0. The van der Waals surface area contributed by atoms with Gasteiger partial charge in [-0.3, -0.25) is 0 Å². The summed E-state index contributed by atoms with van der Waals surface area (Å²) in [7, 11) is 0. The number of nitrogens with zero attached hydrogens (tertiary/aromatic N) is 2. The molecule has 2 heterocycles. The molecule has 0 aliphatic rings. The molecule has 0 aromatic carbocycles. The first-order valence-electron chi connectivity index (χ1n) is 5.21. The van der Waals surface area contributed by atoms with Crippen LogP contribution in [0.3, 0.4) is 0 Å². The highest BCUT2D eigenvalue weighted by molar-refractivity contribution is 7.13. The van der Waals surface area contributed by atoms with Gasteiger partial charge in [-0.15, -0.1) is 11.3 Å². The third-order valence-corrected chi connectivity index (χ3v) is 2.98. The molecule has 0 spiro atoms. The highest BCUT2D eigenvalue weighted by Gasteiger charge is 2.25. The molecule has 0 saturated heterocycles. The van der Waals surface area contributed by atoms with E-state index in [-0.39, 0.29) is 5.56 Å². The summed E-state index contributed by atoms with van der Waals surface area (Å²) in [6.07, 6.45) is 2.17. The quantitative estimate of drug-likeness (QED) is 0.905. The van der Waals surface area contributed by atoms with Crippen LogP contribution in [0, 0.1) is 5.92 Å². The Labute approximate surface area is 102 Å². The third-order valence-electron chi connectivity index (χ3n) is 2.21. The Bertz CT molecular complexity index is 517. The van der Waals surface area contributed by atoms with E-state index in [1.165, 1.54) is 11.3 Å². The van der Waals surface area contributed by atoms with Crippen LogP contribution < -0.4 is 0 Å². The van der Waals surface area contributed by atoms with Crippen LogP contribution in [0.4, 0.5) is 0 Å². The van der Waals surface area contributed by atoms with Crippen LogP contribution in [0.5, 0.6) is 0 Å². The molecule has 0 saturated carbocycles. The van der Waals surface area contributed by atoms with Gasteiger partial charge in [0.2, 0.25) is 0 Å². The zero-order valence-electron chi connectivity index (χ0n) is 9.51. The number of rotatable bonds is 4. The van der Waals surface area contributed by atoms with E-state index >= 15 is 0 Å². The summed E-state index contributed by atoms with van der Waals surface area (Å²) < 4.78 is 5.13. The number of hydrogen-bond donors (Lipinski definition) is 1. The van der Waals surface area contributed by atoms with Gasteiger partial charge < -0.3 is 9.63 Å². The molecule has 0 unspecified atom stereocenters. The number of carboxylic acids is 1. The minimum Gasteiger partial charge on any atom is -0.477 e. The van der Waals surface area contributed by atoms with Crippen LogP contribution in [0.1, 0.15) is 30.0 Å². The summed E-state index contributed by atoms with van der Waals surface area (Å²) in [4.78, 5) is 15.3. The van der Waals surface area contributed by atoms with Crippen LogP contribution in [-0.4, -0.2) is 21.2 Å². The van der Waals surface area contributed by atoms with Gasteiger partial charge in [-0.1, -0.05) is 19.0 Å². The molecular formula is C11H12N2O3S. The van der Waals surface area contributed by atoms with E-state index < -0.39 is 5.97 Å². The summed E-state index contributed by atoms with van der Waals surface area (Å²) in [5.74, 6) is -0.296. The minimum absolute atomic E-state index is 0.133. The van der Waals surface area contributed by atoms with Gasteiger partial charge in [0.15, 0.2) is 11.5 Å². The van der Waals surface area contributed by atoms with Gasteiger partial charge in [-0.05, 0) is 5.92 Å². The highest BCUT2D eigenvalue weighted by Crippen LogP contribution is 2.28. The van der Waals surface area contributed by atoms with E-state index in [1.54, 1.807) is 11.6 Å². The maximum atomic E-state index is 11.3. The van der Waals surface area contributed by atoms with Crippen LogP contribution >= 0.6 is 11.3 Å². The molecular weight excluding hydrogens is 240 g/mol. The molecule has 5 nitrogen and oxygen atoms in total. The Morgan fingerprint density at radius 3 is 2.88 bits per heavy atom. The van der Waals surface area contributed by atoms with Crippen molar-refractivity contribution in [2.24, 2.45) is 5.92 Å². The molecule has 90 valence electrons. The largest absolute Gasteiger partial charge is 0.477 e. The Hall–Kier alpha value is -1.69. The fourth-order valence-electron chi connectivity index (χ4n) is 1.54. The van der Waals surface area contributed by atoms with Crippen molar-refractivity contribution < 1.29 is 14.4 Å². The summed E-state index contributed by atoms with van der Waals surface area (Å²) in [6, 6.07) is 0. The van der Waals surface area contributed by atoms with Gasteiger partial charge >= 0.3 is 5.97 Å². The van der Waals surface area contributed by atoms with Crippen molar-refractivity contribution in [2.75, 3.05) is 0 Å². The smallest absolute Gasteiger partial charge is 0.341 e. The van der Waals surface area contributed by atoms with Gasteiger partial charge in [0.1, 0.15) is 10.6 Å². The number of aromatic carboxylic acids is 1. The predicted octanol–water partition coefficient (Wildman–Crippen LogP) is 2.69. The summed E-state index contributed by atoms with van der Waals surface area (Å²) in [6.45, 7) is 3.99. The highest BCUT2D eigenvalue weighted by atomic mass is 32.1. The molecule has 0 aliphatic carbocycles. The maximum absolute atomic E-state index is 11.3. The van der Waals surface area contributed by atoms with E-state index in [0.29, 0.717) is 28.8 Å². The summed E-state index contributed by atoms with van der Waals surface area (Å²) in [5.41, 5.74) is 0.455. The Morgan fingerprint density at radius 2 is 2.35 bits per heavy atom. The average molecular weight is 252 g/mol. The van der Waals surface area contributed by atoms with Crippen LogP contribution in [-0.2, 0) is 6.42 Å². The fraction of sp³-hybridized carbons (Fsp3) is 0.364. The van der Waals surface area contributed by atoms with Crippen molar-refractivity contribution in [3.8, 4) is 10.7 Å². The number of aromatic nitrogens is 2. The van der Waals surface area contributed by atoms with E-state index in [0.717, 1.165) is 0 Å². The Morgan fingerprint density at radius 1 is 1.59 bits per heavy atom. The number of hydrogen-bond acceptors (Lipinski definition) is 5. The second kappa shape index (κ2) is 4.67. The lowest BCUT2D eigenvalue weighted by Crippen LogP contribution is -2.03. The second-order valence-corrected chi connectivity index (χ2v) is 4.96. The second-order valence-electron chi connectivity index (χ2n) is 4.07. The van der Waals surface area contributed by atoms with Crippen LogP contribution in [0.15, 0.2) is 16.1 Å². The van der Waals surface area contributed by atoms with Crippen LogP contribution in [0.25, 0.3) is 10.7 Å². The van der Waals surface area contributed by atoms with Crippen molar-refractivity contribution in [2.45, 2.75) is 20.3 Å². The SMILES string of the molecule is CC(C)Cc1onc(-c2nccs2)c1C(=O)O.